The second-order valence-corrected chi connectivity index (χ2v) is 3.88. The molecule has 0 aromatic carbocycles. The molecule has 2 nitrogen and oxygen atoms in total. The third-order valence-corrected chi connectivity index (χ3v) is 2.50. The maximum absolute atomic E-state index is 12.6. The summed E-state index contributed by atoms with van der Waals surface area (Å²) in [7, 11) is 1.96. The van der Waals surface area contributed by atoms with Crippen LogP contribution in [0.3, 0.4) is 0 Å². The number of pyridine rings is 1. The Kier molecular flexibility index (Phi) is 5.40. The van der Waals surface area contributed by atoms with Crippen LogP contribution in [0.15, 0.2) is 18.3 Å². The molecule has 4 heteroatoms. The van der Waals surface area contributed by atoms with E-state index in [0.717, 1.165) is 37.5 Å². The van der Waals surface area contributed by atoms with E-state index in [4.69, 9.17) is 11.6 Å². The van der Waals surface area contributed by atoms with Gasteiger partial charge in [-0.25, -0.2) is 9.37 Å². The van der Waals surface area contributed by atoms with Crippen LogP contribution in [0.4, 0.5) is 10.2 Å². The first-order valence-corrected chi connectivity index (χ1v) is 5.66. The van der Waals surface area contributed by atoms with E-state index >= 15 is 0 Å². The number of hydrogen-bond donors (Lipinski definition) is 0. The molecule has 1 aromatic heterocycles. The maximum Gasteiger partial charge on any atom is 0.141 e. The fraction of sp³-hybridized carbons (Fsp3) is 0.545. The second-order valence-electron chi connectivity index (χ2n) is 3.51. The highest BCUT2D eigenvalue weighted by molar-refractivity contribution is 6.17. The minimum absolute atomic E-state index is 0.297. The SMILES string of the molecule is CN(CCCCCCl)c1ccc(F)cn1. The summed E-state index contributed by atoms with van der Waals surface area (Å²) in [5.74, 6) is 1.23. The van der Waals surface area contributed by atoms with Crippen molar-refractivity contribution in [2.24, 2.45) is 0 Å². The largest absolute Gasteiger partial charge is 0.360 e. The number of alkyl halides is 1. The Morgan fingerprint density at radius 2 is 2.13 bits per heavy atom. The average molecular weight is 231 g/mol. The summed E-state index contributed by atoms with van der Waals surface area (Å²) in [6.45, 7) is 0.926. The Bertz CT molecular complexity index is 276. The quantitative estimate of drug-likeness (QED) is 0.552. The third kappa shape index (κ3) is 4.47. The summed E-state index contributed by atoms with van der Waals surface area (Å²) in [6.07, 6.45) is 4.49. The molecule has 0 unspecified atom stereocenters. The molecule has 1 rings (SSSR count). The number of anilines is 1. The van der Waals surface area contributed by atoms with E-state index in [1.807, 2.05) is 11.9 Å². The summed E-state index contributed by atoms with van der Waals surface area (Å²) < 4.78 is 12.6. The Morgan fingerprint density at radius 3 is 2.73 bits per heavy atom. The van der Waals surface area contributed by atoms with E-state index in [0.29, 0.717) is 0 Å². The van der Waals surface area contributed by atoms with Gasteiger partial charge in [-0.15, -0.1) is 11.6 Å². The molecule has 0 fully saturated rings. The molecule has 0 aliphatic carbocycles. The molecule has 0 aliphatic heterocycles. The van der Waals surface area contributed by atoms with Gasteiger partial charge in [-0.2, -0.15) is 0 Å². The molecule has 0 N–H and O–H groups in total. The number of aromatic nitrogens is 1. The van der Waals surface area contributed by atoms with Gasteiger partial charge >= 0.3 is 0 Å². The smallest absolute Gasteiger partial charge is 0.141 e. The van der Waals surface area contributed by atoms with Crippen LogP contribution in [0, 0.1) is 5.82 Å². The first kappa shape index (κ1) is 12.2. The van der Waals surface area contributed by atoms with E-state index < -0.39 is 0 Å². The van der Waals surface area contributed by atoms with Gasteiger partial charge in [-0.3, -0.25) is 0 Å². The minimum atomic E-state index is -0.297. The molecule has 0 amide bonds. The zero-order valence-corrected chi connectivity index (χ0v) is 9.67. The van der Waals surface area contributed by atoms with Crippen molar-refractivity contribution in [3.05, 3.63) is 24.1 Å². The third-order valence-electron chi connectivity index (χ3n) is 2.23. The Hall–Kier alpha value is -0.830. The summed E-state index contributed by atoms with van der Waals surface area (Å²) in [5.41, 5.74) is 0. The summed E-state index contributed by atoms with van der Waals surface area (Å²) in [4.78, 5) is 6.02. The van der Waals surface area contributed by atoms with Gasteiger partial charge in [0.25, 0.3) is 0 Å². The number of nitrogens with zero attached hydrogens (tertiary/aromatic N) is 2. The van der Waals surface area contributed by atoms with Crippen molar-refractivity contribution in [1.29, 1.82) is 0 Å². The van der Waals surface area contributed by atoms with Gasteiger partial charge in [-0.05, 0) is 25.0 Å². The van der Waals surface area contributed by atoms with Crippen molar-refractivity contribution in [1.82, 2.24) is 4.98 Å². The summed E-state index contributed by atoms with van der Waals surface area (Å²) in [5, 5.41) is 0. The fourth-order valence-corrected chi connectivity index (χ4v) is 1.52. The van der Waals surface area contributed by atoms with Gasteiger partial charge in [0.2, 0.25) is 0 Å². The van der Waals surface area contributed by atoms with Crippen LogP contribution in [-0.2, 0) is 0 Å². The second kappa shape index (κ2) is 6.62. The Balaban J connectivity index is 2.33. The van der Waals surface area contributed by atoms with Crippen molar-refractivity contribution < 1.29 is 4.39 Å². The first-order valence-electron chi connectivity index (χ1n) is 5.12. The number of rotatable bonds is 6. The topological polar surface area (TPSA) is 16.1 Å². The minimum Gasteiger partial charge on any atom is -0.360 e. The van der Waals surface area contributed by atoms with Gasteiger partial charge in [0, 0.05) is 19.5 Å². The molecule has 0 radical (unpaired) electrons. The summed E-state index contributed by atoms with van der Waals surface area (Å²) in [6, 6.07) is 3.12. The molecular weight excluding hydrogens is 215 g/mol. The molecule has 1 heterocycles. The van der Waals surface area contributed by atoms with Crippen LogP contribution in [0.2, 0.25) is 0 Å². The highest BCUT2D eigenvalue weighted by atomic mass is 35.5. The van der Waals surface area contributed by atoms with Crippen LogP contribution in [0.5, 0.6) is 0 Å². The van der Waals surface area contributed by atoms with Crippen LogP contribution >= 0.6 is 11.6 Å². The van der Waals surface area contributed by atoms with E-state index in [1.165, 1.54) is 12.3 Å². The normalized spacial score (nSPS) is 10.3. The molecule has 0 bridgehead atoms. The summed E-state index contributed by atoms with van der Waals surface area (Å²) >= 11 is 5.58. The molecule has 0 atom stereocenters. The molecule has 1 aromatic rings. The fourth-order valence-electron chi connectivity index (χ4n) is 1.33. The van der Waals surface area contributed by atoms with Crippen molar-refractivity contribution in [3.8, 4) is 0 Å². The van der Waals surface area contributed by atoms with Gasteiger partial charge in [-0.1, -0.05) is 6.42 Å². The predicted octanol–water partition coefficient (Wildman–Crippen LogP) is 3.07. The van der Waals surface area contributed by atoms with Crippen LogP contribution < -0.4 is 4.90 Å². The van der Waals surface area contributed by atoms with Crippen LogP contribution in [0.25, 0.3) is 0 Å². The maximum atomic E-state index is 12.6. The highest BCUT2D eigenvalue weighted by Crippen LogP contribution is 2.10. The number of halogens is 2. The van der Waals surface area contributed by atoms with Crippen molar-refractivity contribution in [2.45, 2.75) is 19.3 Å². The lowest BCUT2D eigenvalue weighted by atomic mass is 10.2. The number of unbranched alkanes of at least 4 members (excludes halogenated alkanes) is 2. The zero-order chi connectivity index (χ0) is 11.1. The molecule has 0 saturated carbocycles. The van der Waals surface area contributed by atoms with Crippen molar-refractivity contribution in [2.75, 3.05) is 24.4 Å². The lowest BCUT2D eigenvalue weighted by Gasteiger charge is -2.17. The lowest BCUT2D eigenvalue weighted by molar-refractivity contribution is 0.620. The van der Waals surface area contributed by atoms with E-state index in [9.17, 15) is 4.39 Å². The highest BCUT2D eigenvalue weighted by Gasteiger charge is 2.01. The van der Waals surface area contributed by atoms with E-state index in [1.54, 1.807) is 6.07 Å². The molecule has 0 aliphatic rings. The van der Waals surface area contributed by atoms with Gasteiger partial charge in [0.1, 0.15) is 11.6 Å². The first-order chi connectivity index (χ1) is 7.24. The molecule has 0 saturated heterocycles. The van der Waals surface area contributed by atoms with E-state index in [2.05, 4.69) is 4.98 Å². The number of hydrogen-bond acceptors (Lipinski definition) is 2. The van der Waals surface area contributed by atoms with Crippen LogP contribution in [0.1, 0.15) is 19.3 Å². The van der Waals surface area contributed by atoms with Gasteiger partial charge in [0.05, 0.1) is 6.20 Å². The van der Waals surface area contributed by atoms with Crippen molar-refractivity contribution in [3.63, 3.8) is 0 Å². The Labute approximate surface area is 95.1 Å². The molecule has 0 spiro atoms. The molecule has 15 heavy (non-hydrogen) atoms. The molecule has 84 valence electrons. The van der Waals surface area contributed by atoms with Gasteiger partial charge in [0.15, 0.2) is 0 Å². The zero-order valence-electron chi connectivity index (χ0n) is 8.92. The standard InChI is InChI=1S/C11H16ClFN2/c1-15(8-4-2-3-7-12)11-6-5-10(13)9-14-11/h5-6,9H,2-4,7-8H2,1H3. The predicted molar refractivity (Wildman–Crippen MR) is 62.0 cm³/mol. The molecular formula is C11H16ClFN2. The van der Waals surface area contributed by atoms with Crippen molar-refractivity contribution >= 4 is 17.4 Å². The Morgan fingerprint density at radius 1 is 1.33 bits per heavy atom. The average Bonchev–Trinajstić information content (AvgIpc) is 2.25. The van der Waals surface area contributed by atoms with Crippen LogP contribution in [-0.4, -0.2) is 24.5 Å². The lowest BCUT2D eigenvalue weighted by Crippen LogP contribution is -2.19. The van der Waals surface area contributed by atoms with Gasteiger partial charge < -0.3 is 4.90 Å². The van der Waals surface area contributed by atoms with E-state index in [-0.39, 0.29) is 5.82 Å². The monoisotopic (exact) mass is 230 g/mol.